The van der Waals surface area contributed by atoms with E-state index >= 15 is 0 Å². The van der Waals surface area contributed by atoms with Crippen molar-refractivity contribution in [1.29, 1.82) is 0 Å². The van der Waals surface area contributed by atoms with Gasteiger partial charge in [-0.2, -0.15) is 4.80 Å². The first kappa shape index (κ1) is 16.0. The molecule has 6 rings (SSSR count). The lowest BCUT2D eigenvalue weighted by Gasteiger charge is -2.61. The van der Waals surface area contributed by atoms with Crippen molar-refractivity contribution in [3.63, 3.8) is 0 Å². The topological polar surface area (TPSA) is 106 Å². The molecule has 4 bridgehead atoms. The molecule has 2 aromatic rings. The zero-order valence-corrected chi connectivity index (χ0v) is 14.9. The molecule has 8 nitrogen and oxygen atoms in total. The van der Waals surface area contributed by atoms with Gasteiger partial charge in [-0.05, 0) is 61.6 Å². The normalized spacial score (nSPS) is 34.8. The molecule has 26 heavy (non-hydrogen) atoms. The summed E-state index contributed by atoms with van der Waals surface area (Å²) in [6.45, 7) is 0. The van der Waals surface area contributed by atoms with Gasteiger partial charge in [0.05, 0.1) is 11.1 Å². The molecule has 2 aromatic heterocycles. The van der Waals surface area contributed by atoms with Crippen molar-refractivity contribution in [3.8, 4) is 0 Å². The molecular weight excluding hydrogens is 356 g/mol. The van der Waals surface area contributed by atoms with Gasteiger partial charge in [0, 0.05) is 11.7 Å². The number of rotatable bonds is 3. The fraction of sp³-hybridized carbons (Fsp3) is 0.588. The SMILES string of the molecule is O=C(NC12CC3CC(C1)CC(n1ncnn1)(C3)C2)c1c[nH]c(=O)c(Cl)c1. The first-order valence-corrected chi connectivity index (χ1v) is 9.29. The van der Waals surface area contributed by atoms with Gasteiger partial charge < -0.3 is 10.3 Å². The van der Waals surface area contributed by atoms with Crippen molar-refractivity contribution in [3.05, 3.63) is 39.5 Å². The zero-order chi connectivity index (χ0) is 17.9. The number of halogens is 1. The Morgan fingerprint density at radius 3 is 2.73 bits per heavy atom. The van der Waals surface area contributed by atoms with Crippen LogP contribution < -0.4 is 10.9 Å². The highest BCUT2D eigenvalue weighted by Gasteiger charge is 2.60. The van der Waals surface area contributed by atoms with Crippen LogP contribution in [-0.2, 0) is 5.54 Å². The summed E-state index contributed by atoms with van der Waals surface area (Å²) in [5.41, 5.74) is -0.444. The summed E-state index contributed by atoms with van der Waals surface area (Å²) in [5.74, 6) is 0.912. The number of carbonyl (C=O) groups excluding carboxylic acids is 1. The summed E-state index contributed by atoms with van der Waals surface area (Å²) in [7, 11) is 0. The fourth-order valence-electron chi connectivity index (χ4n) is 5.88. The van der Waals surface area contributed by atoms with E-state index in [1.165, 1.54) is 25.0 Å². The van der Waals surface area contributed by atoms with Crippen LogP contribution >= 0.6 is 11.6 Å². The Bertz CT molecular complexity index is 910. The molecule has 2 unspecified atom stereocenters. The molecule has 4 aliphatic carbocycles. The van der Waals surface area contributed by atoms with Crippen LogP contribution in [0.2, 0.25) is 5.02 Å². The van der Waals surface area contributed by atoms with Gasteiger partial charge in [-0.25, -0.2) is 0 Å². The predicted molar refractivity (Wildman–Crippen MR) is 92.7 cm³/mol. The Morgan fingerprint density at radius 1 is 1.31 bits per heavy atom. The number of aromatic nitrogens is 5. The average molecular weight is 375 g/mol. The monoisotopic (exact) mass is 374 g/mol. The standard InChI is InChI=1S/C17H19ClN6O2/c18-13-2-12(7-19-15(13)26)14(25)22-16-3-10-1-11(4-16)6-17(5-10,8-16)24-21-9-20-23-24/h2,7,9-11H,1,3-6,8H2,(H,19,26)(H,22,25). The van der Waals surface area contributed by atoms with Crippen molar-refractivity contribution in [2.24, 2.45) is 11.8 Å². The van der Waals surface area contributed by atoms with Crippen LogP contribution in [0.3, 0.4) is 0 Å². The molecule has 0 aliphatic heterocycles. The predicted octanol–water partition coefficient (Wildman–Crippen LogP) is 1.49. The number of nitrogens with zero attached hydrogens (tertiary/aromatic N) is 4. The quantitative estimate of drug-likeness (QED) is 0.846. The maximum Gasteiger partial charge on any atom is 0.266 e. The second-order valence-electron chi connectivity index (χ2n) is 8.21. The van der Waals surface area contributed by atoms with Gasteiger partial charge >= 0.3 is 0 Å². The minimum Gasteiger partial charge on any atom is -0.346 e. The fourth-order valence-corrected chi connectivity index (χ4v) is 6.05. The number of pyridine rings is 1. The Balaban J connectivity index is 1.46. The Kier molecular flexibility index (Phi) is 3.31. The molecular formula is C17H19ClN6O2. The average Bonchev–Trinajstić information content (AvgIpc) is 3.11. The Morgan fingerprint density at radius 2 is 2.08 bits per heavy atom. The summed E-state index contributed by atoms with van der Waals surface area (Å²) >= 11 is 5.87. The van der Waals surface area contributed by atoms with E-state index < -0.39 is 5.56 Å². The number of hydrogen-bond acceptors (Lipinski definition) is 5. The van der Waals surface area contributed by atoms with E-state index in [9.17, 15) is 9.59 Å². The number of H-pyrrole nitrogens is 1. The molecule has 4 aliphatic rings. The molecule has 9 heteroatoms. The van der Waals surface area contributed by atoms with E-state index in [1.54, 1.807) is 4.80 Å². The number of nitrogens with one attached hydrogen (secondary N) is 2. The van der Waals surface area contributed by atoms with Crippen molar-refractivity contribution < 1.29 is 4.79 Å². The summed E-state index contributed by atoms with van der Waals surface area (Å²) in [6.07, 6.45) is 8.95. The highest BCUT2D eigenvalue weighted by Crippen LogP contribution is 2.60. The second kappa shape index (κ2) is 5.39. The van der Waals surface area contributed by atoms with Crippen LogP contribution in [-0.4, -0.2) is 36.6 Å². The molecule has 2 heterocycles. The second-order valence-corrected chi connectivity index (χ2v) is 8.62. The molecule has 4 fully saturated rings. The molecule has 136 valence electrons. The van der Waals surface area contributed by atoms with Gasteiger partial charge in [0.1, 0.15) is 5.02 Å². The van der Waals surface area contributed by atoms with Crippen molar-refractivity contribution in [1.82, 2.24) is 30.5 Å². The van der Waals surface area contributed by atoms with Gasteiger partial charge in [-0.15, -0.1) is 10.2 Å². The van der Waals surface area contributed by atoms with Crippen molar-refractivity contribution in [2.45, 2.75) is 49.6 Å². The van der Waals surface area contributed by atoms with Crippen molar-refractivity contribution in [2.75, 3.05) is 0 Å². The van der Waals surface area contributed by atoms with Crippen LogP contribution in [0, 0.1) is 11.8 Å². The van der Waals surface area contributed by atoms with Gasteiger partial charge in [-0.3, -0.25) is 9.59 Å². The summed E-state index contributed by atoms with van der Waals surface area (Å²) in [6, 6.07) is 1.42. The first-order chi connectivity index (χ1) is 12.5. The minimum absolute atomic E-state index is 0.0199. The van der Waals surface area contributed by atoms with Crippen LogP contribution in [0.15, 0.2) is 23.4 Å². The lowest BCUT2D eigenvalue weighted by molar-refractivity contribution is -0.0810. The molecule has 2 atom stereocenters. The third-order valence-corrected chi connectivity index (χ3v) is 6.58. The Labute approximate surface area is 154 Å². The molecule has 0 radical (unpaired) electrons. The van der Waals surface area contributed by atoms with Crippen LogP contribution in [0.4, 0.5) is 0 Å². The largest absolute Gasteiger partial charge is 0.346 e. The number of tetrazole rings is 1. The van der Waals surface area contributed by atoms with Crippen LogP contribution in [0.5, 0.6) is 0 Å². The molecule has 0 aromatic carbocycles. The molecule has 1 amide bonds. The molecule has 0 spiro atoms. The minimum atomic E-state index is -0.394. The maximum absolute atomic E-state index is 12.8. The number of hydrogen-bond donors (Lipinski definition) is 2. The molecule has 4 saturated carbocycles. The van der Waals surface area contributed by atoms with E-state index in [0.29, 0.717) is 17.4 Å². The third-order valence-electron chi connectivity index (χ3n) is 6.30. The summed E-state index contributed by atoms with van der Waals surface area (Å²) in [5, 5.41) is 15.7. The van der Waals surface area contributed by atoms with E-state index in [-0.39, 0.29) is 22.0 Å². The smallest absolute Gasteiger partial charge is 0.266 e. The van der Waals surface area contributed by atoms with Gasteiger partial charge in [-0.1, -0.05) is 11.6 Å². The number of carbonyl (C=O) groups is 1. The van der Waals surface area contributed by atoms with Gasteiger partial charge in [0.2, 0.25) is 0 Å². The third kappa shape index (κ3) is 2.39. The maximum atomic E-state index is 12.8. The lowest BCUT2D eigenvalue weighted by Crippen LogP contribution is -2.66. The van der Waals surface area contributed by atoms with E-state index in [4.69, 9.17) is 11.6 Å². The van der Waals surface area contributed by atoms with Crippen LogP contribution in [0.1, 0.15) is 48.9 Å². The van der Waals surface area contributed by atoms with Crippen LogP contribution in [0.25, 0.3) is 0 Å². The zero-order valence-electron chi connectivity index (χ0n) is 14.1. The van der Waals surface area contributed by atoms with E-state index in [0.717, 1.165) is 32.1 Å². The van der Waals surface area contributed by atoms with E-state index in [2.05, 4.69) is 25.7 Å². The summed E-state index contributed by atoms with van der Waals surface area (Å²) in [4.78, 5) is 28.5. The van der Waals surface area contributed by atoms with Gasteiger partial charge in [0.15, 0.2) is 6.33 Å². The number of aromatic amines is 1. The first-order valence-electron chi connectivity index (χ1n) is 8.91. The highest BCUT2D eigenvalue weighted by molar-refractivity contribution is 6.30. The van der Waals surface area contributed by atoms with Crippen molar-refractivity contribution >= 4 is 17.5 Å². The molecule has 0 saturated heterocycles. The van der Waals surface area contributed by atoms with Gasteiger partial charge in [0.25, 0.3) is 11.5 Å². The van der Waals surface area contributed by atoms with E-state index in [1.807, 2.05) is 0 Å². The molecule has 2 N–H and O–H groups in total. The summed E-state index contributed by atoms with van der Waals surface area (Å²) < 4.78 is 0. The number of amides is 1. The highest BCUT2D eigenvalue weighted by atomic mass is 35.5. The lowest BCUT2D eigenvalue weighted by atomic mass is 9.50. The Hall–Kier alpha value is -2.22.